The van der Waals surface area contributed by atoms with E-state index in [9.17, 15) is 9.18 Å². The second-order valence-electron chi connectivity index (χ2n) is 6.47. The highest BCUT2D eigenvalue weighted by molar-refractivity contribution is 5.86. The molecule has 2 aromatic heterocycles. The standard InChI is InChI=1S/C23H17FN6O/c24-18-14-16(19-9-12-26-15-27-19)6-7-21(18)30-13-10-22(31)23(29-30)20(8-11-25)28-17-4-2-1-3-5-17/h1-15,25,28H/b20-8-,25-11?. The third-order valence-electron chi connectivity index (χ3n) is 4.44. The van der Waals surface area contributed by atoms with Gasteiger partial charge in [-0.2, -0.15) is 5.10 Å². The van der Waals surface area contributed by atoms with E-state index in [1.807, 2.05) is 30.3 Å². The molecule has 152 valence electrons. The van der Waals surface area contributed by atoms with Crippen molar-refractivity contribution in [1.29, 1.82) is 5.41 Å². The number of benzene rings is 2. The second-order valence-corrected chi connectivity index (χ2v) is 6.47. The molecular formula is C23H17FN6O. The van der Waals surface area contributed by atoms with Gasteiger partial charge in [-0.15, -0.1) is 0 Å². The predicted octanol–water partition coefficient (Wildman–Crippen LogP) is 3.93. The van der Waals surface area contributed by atoms with Gasteiger partial charge in [-0.1, -0.05) is 24.3 Å². The van der Waals surface area contributed by atoms with Gasteiger partial charge in [-0.25, -0.2) is 19.0 Å². The topological polar surface area (TPSA) is 96.6 Å². The van der Waals surface area contributed by atoms with E-state index in [0.29, 0.717) is 17.0 Å². The molecule has 0 atom stereocenters. The Bertz CT molecular complexity index is 1300. The highest BCUT2D eigenvalue weighted by Crippen LogP contribution is 2.22. The fourth-order valence-corrected chi connectivity index (χ4v) is 2.98. The molecule has 7 nitrogen and oxygen atoms in total. The Kier molecular flexibility index (Phi) is 5.70. The molecule has 0 saturated carbocycles. The first-order valence-corrected chi connectivity index (χ1v) is 9.35. The molecule has 2 heterocycles. The molecule has 0 unspecified atom stereocenters. The fourth-order valence-electron chi connectivity index (χ4n) is 2.98. The Labute approximate surface area is 177 Å². The predicted molar refractivity (Wildman–Crippen MR) is 118 cm³/mol. The van der Waals surface area contributed by atoms with Gasteiger partial charge in [0.25, 0.3) is 0 Å². The number of hydrogen-bond acceptors (Lipinski definition) is 6. The number of halogens is 1. The van der Waals surface area contributed by atoms with Gasteiger partial charge in [0.15, 0.2) is 5.69 Å². The largest absolute Gasteiger partial charge is 0.354 e. The van der Waals surface area contributed by atoms with Gasteiger partial charge in [0.05, 0.1) is 11.4 Å². The molecule has 0 bridgehead atoms. The molecule has 4 rings (SSSR count). The van der Waals surface area contributed by atoms with Crippen molar-refractivity contribution in [2.75, 3.05) is 5.32 Å². The number of para-hydroxylation sites is 1. The van der Waals surface area contributed by atoms with Gasteiger partial charge in [0.1, 0.15) is 17.8 Å². The molecule has 2 aromatic carbocycles. The first kappa shape index (κ1) is 19.8. The van der Waals surface area contributed by atoms with Crippen LogP contribution in [0.5, 0.6) is 0 Å². The fraction of sp³-hybridized carbons (Fsp3) is 0. The summed E-state index contributed by atoms with van der Waals surface area (Å²) >= 11 is 0. The van der Waals surface area contributed by atoms with Gasteiger partial charge in [0, 0.05) is 35.9 Å². The quantitative estimate of drug-likeness (QED) is 0.468. The van der Waals surface area contributed by atoms with Gasteiger partial charge in [-0.05, 0) is 36.4 Å². The maximum Gasteiger partial charge on any atom is 0.209 e. The summed E-state index contributed by atoms with van der Waals surface area (Å²) in [7, 11) is 0. The third kappa shape index (κ3) is 4.43. The van der Waals surface area contributed by atoms with Gasteiger partial charge < -0.3 is 10.7 Å². The lowest BCUT2D eigenvalue weighted by Gasteiger charge is -2.13. The lowest BCUT2D eigenvalue weighted by atomic mass is 10.1. The average molecular weight is 412 g/mol. The smallest absolute Gasteiger partial charge is 0.209 e. The lowest BCUT2D eigenvalue weighted by Crippen LogP contribution is -2.18. The van der Waals surface area contributed by atoms with Crippen LogP contribution < -0.4 is 10.7 Å². The lowest BCUT2D eigenvalue weighted by molar-refractivity contribution is 0.608. The number of nitrogens with one attached hydrogen (secondary N) is 2. The van der Waals surface area contributed by atoms with Crippen molar-refractivity contribution in [2.45, 2.75) is 0 Å². The number of rotatable bonds is 6. The van der Waals surface area contributed by atoms with Crippen LogP contribution in [0.15, 0.2) is 90.3 Å². The summed E-state index contributed by atoms with van der Waals surface area (Å²) in [6, 6.07) is 16.8. The molecule has 2 N–H and O–H groups in total. The minimum atomic E-state index is -0.521. The van der Waals surface area contributed by atoms with Crippen LogP contribution in [-0.4, -0.2) is 26.0 Å². The van der Waals surface area contributed by atoms with Crippen LogP contribution in [0.3, 0.4) is 0 Å². The van der Waals surface area contributed by atoms with Gasteiger partial charge in [-0.3, -0.25) is 4.79 Å². The Morgan fingerprint density at radius 3 is 2.65 bits per heavy atom. The summed E-state index contributed by atoms with van der Waals surface area (Å²) in [5.74, 6) is -0.521. The maximum atomic E-state index is 14.9. The molecule has 0 saturated heterocycles. The monoisotopic (exact) mass is 412 g/mol. The summed E-state index contributed by atoms with van der Waals surface area (Å²) in [5, 5.41) is 14.8. The average Bonchev–Trinajstić information content (AvgIpc) is 2.80. The Morgan fingerprint density at radius 1 is 1.10 bits per heavy atom. The van der Waals surface area contributed by atoms with Crippen LogP contribution in [0, 0.1) is 11.2 Å². The van der Waals surface area contributed by atoms with Crippen molar-refractivity contribution in [3.05, 3.63) is 107 Å². The highest BCUT2D eigenvalue weighted by Gasteiger charge is 2.13. The maximum absolute atomic E-state index is 14.9. The normalized spacial score (nSPS) is 11.2. The van der Waals surface area contributed by atoms with Crippen molar-refractivity contribution in [3.63, 3.8) is 0 Å². The number of hydrogen-bond donors (Lipinski definition) is 2. The molecular weight excluding hydrogens is 395 g/mol. The van der Waals surface area contributed by atoms with E-state index < -0.39 is 5.82 Å². The number of aromatic nitrogens is 4. The summed E-state index contributed by atoms with van der Waals surface area (Å²) in [6.07, 6.45) is 6.86. The van der Waals surface area contributed by atoms with E-state index in [2.05, 4.69) is 20.4 Å². The minimum Gasteiger partial charge on any atom is -0.354 e. The molecule has 0 aliphatic rings. The molecule has 0 radical (unpaired) electrons. The van der Waals surface area contributed by atoms with Crippen molar-refractivity contribution in [2.24, 2.45) is 0 Å². The van der Waals surface area contributed by atoms with Crippen LogP contribution in [0.2, 0.25) is 0 Å². The number of anilines is 1. The van der Waals surface area contributed by atoms with Crippen LogP contribution >= 0.6 is 0 Å². The summed E-state index contributed by atoms with van der Waals surface area (Å²) in [6.45, 7) is 0. The molecule has 0 fully saturated rings. The van der Waals surface area contributed by atoms with Crippen LogP contribution in [0.25, 0.3) is 22.6 Å². The van der Waals surface area contributed by atoms with E-state index in [0.717, 1.165) is 11.9 Å². The van der Waals surface area contributed by atoms with Crippen molar-refractivity contribution in [1.82, 2.24) is 19.7 Å². The molecule has 0 aliphatic heterocycles. The summed E-state index contributed by atoms with van der Waals surface area (Å²) in [4.78, 5) is 20.5. The van der Waals surface area contributed by atoms with Gasteiger partial charge in [0.2, 0.25) is 5.43 Å². The van der Waals surface area contributed by atoms with Crippen LogP contribution in [0.4, 0.5) is 10.1 Å². The van der Waals surface area contributed by atoms with Crippen molar-refractivity contribution < 1.29 is 4.39 Å². The molecule has 0 spiro atoms. The van der Waals surface area contributed by atoms with Crippen LogP contribution in [-0.2, 0) is 0 Å². The minimum absolute atomic E-state index is 0.0640. The number of allylic oxidation sites excluding steroid dienone is 1. The molecule has 0 amide bonds. The zero-order valence-electron chi connectivity index (χ0n) is 16.2. The zero-order chi connectivity index (χ0) is 21.6. The van der Waals surface area contributed by atoms with E-state index in [1.165, 1.54) is 35.4 Å². The van der Waals surface area contributed by atoms with E-state index in [-0.39, 0.29) is 16.8 Å². The highest BCUT2D eigenvalue weighted by atomic mass is 19.1. The Hall–Kier alpha value is -4.46. The first-order chi connectivity index (χ1) is 15.2. The molecule has 4 aromatic rings. The molecule has 8 heteroatoms. The van der Waals surface area contributed by atoms with E-state index in [4.69, 9.17) is 5.41 Å². The molecule has 31 heavy (non-hydrogen) atoms. The second kappa shape index (κ2) is 8.91. The van der Waals surface area contributed by atoms with Crippen molar-refractivity contribution in [3.8, 4) is 16.9 Å². The zero-order valence-corrected chi connectivity index (χ0v) is 16.2. The van der Waals surface area contributed by atoms with Crippen LogP contribution in [0.1, 0.15) is 5.69 Å². The Balaban J connectivity index is 1.73. The number of nitrogens with zero attached hydrogens (tertiary/aromatic N) is 4. The van der Waals surface area contributed by atoms with Crippen molar-refractivity contribution >= 4 is 17.6 Å². The summed E-state index contributed by atoms with van der Waals surface area (Å²) < 4.78 is 16.2. The van der Waals surface area contributed by atoms with Gasteiger partial charge >= 0.3 is 0 Å². The molecule has 0 aliphatic carbocycles. The summed E-state index contributed by atoms with van der Waals surface area (Å²) in [5.41, 5.74) is 2.14. The Morgan fingerprint density at radius 2 is 1.94 bits per heavy atom. The SMILES string of the molecule is N=C/C=C(\Nc1ccccc1)c1nn(-c2ccc(-c3ccncn3)cc2F)ccc1=O. The van der Waals surface area contributed by atoms with E-state index in [1.54, 1.807) is 24.4 Å². The van der Waals surface area contributed by atoms with E-state index >= 15 is 0 Å². The first-order valence-electron chi connectivity index (χ1n) is 9.35. The third-order valence-corrected chi connectivity index (χ3v) is 4.44.